The summed E-state index contributed by atoms with van der Waals surface area (Å²) in [7, 11) is 0. The highest BCUT2D eigenvalue weighted by Crippen LogP contribution is 2.27. The van der Waals surface area contributed by atoms with Gasteiger partial charge in [0.25, 0.3) is 5.56 Å². The highest BCUT2D eigenvalue weighted by Gasteiger charge is 2.00. The van der Waals surface area contributed by atoms with E-state index in [0.29, 0.717) is 6.54 Å². The first kappa shape index (κ1) is 11.8. The number of aromatic nitrogens is 1. The van der Waals surface area contributed by atoms with Crippen LogP contribution in [0.3, 0.4) is 0 Å². The number of pyridine rings is 1. The van der Waals surface area contributed by atoms with Crippen molar-refractivity contribution in [2.45, 2.75) is 11.4 Å². The highest BCUT2D eigenvalue weighted by atomic mass is 32.2. The highest BCUT2D eigenvalue weighted by molar-refractivity contribution is 7.99. The first-order valence-electron chi connectivity index (χ1n) is 5.33. The van der Waals surface area contributed by atoms with Crippen LogP contribution in [0.5, 0.6) is 5.75 Å². The van der Waals surface area contributed by atoms with Gasteiger partial charge in [0, 0.05) is 29.5 Å². The minimum absolute atomic E-state index is 0.00498. The molecule has 3 nitrogen and oxygen atoms in total. The number of aryl methyl sites for hydroxylation is 1. The predicted octanol–water partition coefficient (Wildman–Crippen LogP) is 2.35. The summed E-state index contributed by atoms with van der Waals surface area (Å²) in [5, 5.41) is 9.57. The molecule has 0 fully saturated rings. The zero-order valence-electron chi connectivity index (χ0n) is 9.24. The molecule has 2 aromatic rings. The van der Waals surface area contributed by atoms with E-state index in [1.165, 1.54) is 0 Å². The Labute approximate surface area is 104 Å². The first-order chi connectivity index (χ1) is 8.27. The Morgan fingerprint density at radius 3 is 2.65 bits per heavy atom. The molecular formula is C13H13NO2S. The molecule has 0 bridgehead atoms. The second-order valence-electron chi connectivity index (χ2n) is 3.55. The molecule has 88 valence electrons. The van der Waals surface area contributed by atoms with Crippen molar-refractivity contribution in [2.24, 2.45) is 0 Å². The van der Waals surface area contributed by atoms with Crippen LogP contribution >= 0.6 is 11.8 Å². The van der Waals surface area contributed by atoms with Gasteiger partial charge >= 0.3 is 0 Å². The lowest BCUT2D eigenvalue weighted by molar-refractivity contribution is 0.462. The maximum absolute atomic E-state index is 11.4. The van der Waals surface area contributed by atoms with Crippen molar-refractivity contribution in [3.05, 3.63) is 59.0 Å². The van der Waals surface area contributed by atoms with Gasteiger partial charge in [0.2, 0.25) is 0 Å². The van der Waals surface area contributed by atoms with Crippen LogP contribution in [0.1, 0.15) is 0 Å². The van der Waals surface area contributed by atoms with Gasteiger partial charge < -0.3 is 9.67 Å². The number of rotatable bonds is 4. The average molecular weight is 247 g/mol. The van der Waals surface area contributed by atoms with Gasteiger partial charge in [-0.25, -0.2) is 0 Å². The molecule has 0 amide bonds. The molecule has 1 N–H and O–H groups in total. The van der Waals surface area contributed by atoms with Crippen LogP contribution < -0.4 is 5.56 Å². The molecule has 0 unspecified atom stereocenters. The van der Waals surface area contributed by atoms with E-state index in [2.05, 4.69) is 0 Å². The van der Waals surface area contributed by atoms with Gasteiger partial charge in [-0.2, -0.15) is 0 Å². The van der Waals surface area contributed by atoms with E-state index in [-0.39, 0.29) is 11.3 Å². The SMILES string of the molecule is O=c1ccccn1CCSc1ccccc1O. The molecule has 0 saturated heterocycles. The summed E-state index contributed by atoms with van der Waals surface area (Å²) in [5.74, 6) is 1.04. The molecule has 0 saturated carbocycles. The Morgan fingerprint density at radius 2 is 1.88 bits per heavy atom. The molecule has 2 rings (SSSR count). The predicted molar refractivity (Wildman–Crippen MR) is 69.5 cm³/mol. The third kappa shape index (κ3) is 3.14. The van der Waals surface area contributed by atoms with Crippen LogP contribution in [-0.2, 0) is 6.54 Å². The smallest absolute Gasteiger partial charge is 0.250 e. The van der Waals surface area contributed by atoms with Crippen LogP contribution in [0.25, 0.3) is 0 Å². The van der Waals surface area contributed by atoms with E-state index >= 15 is 0 Å². The quantitative estimate of drug-likeness (QED) is 0.843. The van der Waals surface area contributed by atoms with Gasteiger partial charge in [-0.15, -0.1) is 11.8 Å². The van der Waals surface area contributed by atoms with Crippen molar-refractivity contribution in [3.8, 4) is 5.75 Å². The van der Waals surface area contributed by atoms with Gasteiger partial charge in [0.1, 0.15) is 5.75 Å². The topological polar surface area (TPSA) is 42.2 Å². The van der Waals surface area contributed by atoms with Gasteiger partial charge in [0.15, 0.2) is 0 Å². The summed E-state index contributed by atoms with van der Waals surface area (Å²) < 4.78 is 1.66. The van der Waals surface area contributed by atoms with Gasteiger partial charge in [-0.1, -0.05) is 18.2 Å². The monoisotopic (exact) mass is 247 g/mol. The molecule has 0 aliphatic rings. The fourth-order valence-corrected chi connectivity index (χ4v) is 2.38. The van der Waals surface area contributed by atoms with E-state index in [4.69, 9.17) is 0 Å². The number of benzene rings is 1. The number of phenolic OH excluding ortho intramolecular Hbond substituents is 1. The van der Waals surface area contributed by atoms with E-state index in [0.717, 1.165) is 10.6 Å². The molecule has 1 aromatic heterocycles. The summed E-state index contributed by atoms with van der Waals surface area (Å²) >= 11 is 1.54. The van der Waals surface area contributed by atoms with Crippen molar-refractivity contribution in [3.63, 3.8) is 0 Å². The molecule has 0 atom stereocenters. The largest absolute Gasteiger partial charge is 0.507 e. The number of nitrogens with zero attached hydrogens (tertiary/aromatic N) is 1. The Bertz CT molecular complexity index is 551. The lowest BCUT2D eigenvalue weighted by atomic mass is 10.3. The van der Waals surface area contributed by atoms with Gasteiger partial charge in [-0.05, 0) is 18.2 Å². The third-order valence-electron chi connectivity index (χ3n) is 2.35. The molecule has 0 radical (unpaired) electrons. The second kappa shape index (κ2) is 5.59. The summed E-state index contributed by atoms with van der Waals surface area (Å²) in [5.41, 5.74) is 0.00498. The number of hydrogen-bond donors (Lipinski definition) is 1. The zero-order valence-corrected chi connectivity index (χ0v) is 10.1. The van der Waals surface area contributed by atoms with Crippen molar-refractivity contribution < 1.29 is 5.11 Å². The van der Waals surface area contributed by atoms with Crippen LogP contribution in [0, 0.1) is 0 Å². The van der Waals surface area contributed by atoms with Gasteiger partial charge in [-0.3, -0.25) is 4.79 Å². The van der Waals surface area contributed by atoms with Crippen molar-refractivity contribution in [1.29, 1.82) is 0 Å². The van der Waals surface area contributed by atoms with Crippen LogP contribution in [0.2, 0.25) is 0 Å². The average Bonchev–Trinajstić information content (AvgIpc) is 2.34. The van der Waals surface area contributed by atoms with Crippen LogP contribution in [0.15, 0.2) is 58.4 Å². The summed E-state index contributed by atoms with van der Waals surface area (Å²) in [4.78, 5) is 12.3. The lowest BCUT2D eigenvalue weighted by Gasteiger charge is -2.05. The molecule has 0 spiro atoms. The van der Waals surface area contributed by atoms with E-state index in [1.807, 2.05) is 18.2 Å². The molecule has 1 heterocycles. The Kier molecular flexibility index (Phi) is 3.88. The van der Waals surface area contributed by atoms with Crippen molar-refractivity contribution in [1.82, 2.24) is 4.57 Å². The normalized spacial score (nSPS) is 10.4. The third-order valence-corrected chi connectivity index (χ3v) is 3.40. The number of thioether (sulfide) groups is 1. The van der Waals surface area contributed by atoms with E-state index < -0.39 is 0 Å². The number of aromatic hydroxyl groups is 1. The van der Waals surface area contributed by atoms with Crippen LogP contribution in [-0.4, -0.2) is 15.4 Å². The molecule has 4 heteroatoms. The zero-order chi connectivity index (χ0) is 12.1. The molecule has 0 aliphatic carbocycles. The number of para-hydroxylation sites is 1. The first-order valence-corrected chi connectivity index (χ1v) is 6.32. The van der Waals surface area contributed by atoms with Crippen molar-refractivity contribution in [2.75, 3.05) is 5.75 Å². The van der Waals surface area contributed by atoms with E-state index in [1.54, 1.807) is 46.8 Å². The molecular weight excluding hydrogens is 234 g/mol. The van der Waals surface area contributed by atoms with Crippen molar-refractivity contribution >= 4 is 11.8 Å². The minimum atomic E-state index is 0.00498. The fourth-order valence-electron chi connectivity index (χ4n) is 1.48. The van der Waals surface area contributed by atoms with Gasteiger partial charge in [0.05, 0.1) is 0 Å². The fraction of sp³-hybridized carbons (Fsp3) is 0.154. The second-order valence-corrected chi connectivity index (χ2v) is 4.69. The maximum Gasteiger partial charge on any atom is 0.250 e. The minimum Gasteiger partial charge on any atom is -0.507 e. The Hall–Kier alpha value is -1.68. The molecule has 0 aliphatic heterocycles. The summed E-state index contributed by atoms with van der Waals surface area (Å²) in [6.45, 7) is 0.638. The molecule has 17 heavy (non-hydrogen) atoms. The van der Waals surface area contributed by atoms with Crippen LogP contribution in [0.4, 0.5) is 0 Å². The lowest BCUT2D eigenvalue weighted by Crippen LogP contribution is -2.18. The standard InChI is InChI=1S/C13H13NO2S/c15-11-5-1-2-6-12(11)17-10-9-14-8-4-3-7-13(14)16/h1-8,15H,9-10H2. The molecule has 1 aromatic carbocycles. The summed E-state index contributed by atoms with van der Waals surface area (Å²) in [6.07, 6.45) is 1.77. The number of phenols is 1. The Balaban J connectivity index is 1.95. The maximum atomic E-state index is 11.4. The number of hydrogen-bond acceptors (Lipinski definition) is 3. The summed E-state index contributed by atoms with van der Waals surface area (Å²) in [6, 6.07) is 12.3. The Morgan fingerprint density at radius 1 is 1.12 bits per heavy atom. The van der Waals surface area contributed by atoms with E-state index in [9.17, 15) is 9.90 Å².